The first-order chi connectivity index (χ1) is 11.2. The highest BCUT2D eigenvalue weighted by atomic mass is 35.5. The zero-order chi connectivity index (χ0) is 16.2. The van der Waals surface area contributed by atoms with Gasteiger partial charge >= 0.3 is 5.97 Å². The van der Waals surface area contributed by atoms with Crippen LogP contribution in [0.4, 0.5) is 0 Å². The van der Waals surface area contributed by atoms with Crippen LogP contribution in [-0.4, -0.2) is 52.3 Å². The van der Waals surface area contributed by atoms with Crippen LogP contribution in [0, 0.1) is 0 Å². The van der Waals surface area contributed by atoms with E-state index in [1.807, 2.05) is 4.90 Å². The summed E-state index contributed by atoms with van der Waals surface area (Å²) < 4.78 is 10.7. The number of aromatic amines is 1. The first-order valence-corrected chi connectivity index (χ1v) is 8.38. The third-order valence-corrected chi connectivity index (χ3v) is 4.57. The van der Waals surface area contributed by atoms with Crippen LogP contribution in [0.5, 0.6) is 5.88 Å². The summed E-state index contributed by atoms with van der Waals surface area (Å²) in [5.41, 5.74) is 0.232. The Morgan fingerprint density at radius 1 is 1.33 bits per heavy atom. The van der Waals surface area contributed by atoms with Crippen molar-refractivity contribution in [2.75, 3.05) is 13.2 Å². The van der Waals surface area contributed by atoms with Crippen LogP contribution >= 0.6 is 12.4 Å². The summed E-state index contributed by atoms with van der Waals surface area (Å²) in [5, 5.41) is 6.47. The number of hydrogen-bond acceptors (Lipinski definition) is 5. The summed E-state index contributed by atoms with van der Waals surface area (Å²) in [6.45, 7) is 2.74. The number of carbonyl (C=O) groups is 2. The minimum absolute atomic E-state index is 0. The van der Waals surface area contributed by atoms with Crippen LogP contribution < -0.4 is 4.74 Å². The fourth-order valence-corrected chi connectivity index (χ4v) is 3.40. The molecule has 1 saturated heterocycles. The number of aromatic nitrogens is 2. The lowest BCUT2D eigenvalue weighted by molar-refractivity contribution is -0.136. The molecule has 1 unspecified atom stereocenters. The number of likely N-dealkylation sites (tertiary alicyclic amines) is 1. The number of rotatable bonds is 5. The second-order valence-electron chi connectivity index (χ2n) is 6.05. The van der Waals surface area contributed by atoms with Gasteiger partial charge in [0.05, 0.1) is 12.8 Å². The lowest BCUT2D eigenvalue weighted by atomic mass is 9.94. The Morgan fingerprint density at radius 2 is 2.08 bits per heavy atom. The fraction of sp³-hybridized carbons (Fsp3) is 0.688. The van der Waals surface area contributed by atoms with Crippen LogP contribution in [0.25, 0.3) is 0 Å². The van der Waals surface area contributed by atoms with E-state index >= 15 is 0 Å². The van der Waals surface area contributed by atoms with E-state index in [2.05, 4.69) is 10.2 Å². The van der Waals surface area contributed by atoms with Crippen molar-refractivity contribution < 1.29 is 19.1 Å². The Hall–Kier alpha value is -1.76. The van der Waals surface area contributed by atoms with Crippen LogP contribution in [0.3, 0.4) is 0 Å². The highest BCUT2D eigenvalue weighted by Gasteiger charge is 2.38. The van der Waals surface area contributed by atoms with Crippen molar-refractivity contribution in [1.82, 2.24) is 15.1 Å². The number of carbonyl (C=O) groups excluding carboxylic acids is 2. The second-order valence-corrected chi connectivity index (χ2v) is 6.05. The molecule has 0 bridgehead atoms. The van der Waals surface area contributed by atoms with E-state index in [1.54, 1.807) is 6.92 Å². The van der Waals surface area contributed by atoms with Gasteiger partial charge in [-0.25, -0.2) is 9.89 Å². The summed E-state index contributed by atoms with van der Waals surface area (Å²) in [6, 6.07) is 0.344. The standard InChI is InChI=1S/C16H23N3O4.ClH/c1-2-22-16(21)12-10-17-18-14(12)23-13-8-9-19(15(13)20)11-6-4-3-5-7-11;/h10-11,13H,2-9H2,1H3,(H,17,18);1H. The lowest BCUT2D eigenvalue weighted by Crippen LogP contribution is -2.41. The largest absolute Gasteiger partial charge is 0.464 e. The Bertz CT molecular complexity index is 571. The predicted molar refractivity (Wildman–Crippen MR) is 89.4 cm³/mol. The molecular weight excluding hydrogens is 334 g/mol. The molecular formula is C16H24ClN3O4. The maximum atomic E-state index is 12.6. The van der Waals surface area contributed by atoms with Crippen molar-refractivity contribution in [3.8, 4) is 5.88 Å². The average molecular weight is 358 g/mol. The van der Waals surface area contributed by atoms with Crippen molar-refractivity contribution in [2.45, 2.75) is 57.6 Å². The third-order valence-electron chi connectivity index (χ3n) is 4.57. The number of halogens is 1. The van der Waals surface area contributed by atoms with E-state index in [0.29, 0.717) is 12.5 Å². The Labute approximate surface area is 147 Å². The molecule has 24 heavy (non-hydrogen) atoms. The molecule has 2 aliphatic rings. The first-order valence-electron chi connectivity index (χ1n) is 8.38. The zero-order valence-corrected chi connectivity index (χ0v) is 14.6. The van der Waals surface area contributed by atoms with E-state index < -0.39 is 12.1 Å². The summed E-state index contributed by atoms with van der Waals surface area (Å²) in [7, 11) is 0. The van der Waals surface area contributed by atoms with E-state index in [4.69, 9.17) is 9.47 Å². The molecule has 2 fully saturated rings. The second kappa shape index (κ2) is 8.37. The molecule has 2 heterocycles. The minimum Gasteiger partial charge on any atom is -0.464 e. The molecule has 1 N–H and O–H groups in total. The van der Waals surface area contributed by atoms with Crippen molar-refractivity contribution in [1.29, 1.82) is 0 Å². The Balaban J connectivity index is 0.00000208. The molecule has 1 amide bonds. The van der Waals surface area contributed by atoms with Gasteiger partial charge in [-0.15, -0.1) is 12.4 Å². The maximum Gasteiger partial charge on any atom is 0.345 e. The number of nitrogens with zero attached hydrogens (tertiary/aromatic N) is 2. The number of esters is 1. The van der Waals surface area contributed by atoms with Gasteiger partial charge in [0.25, 0.3) is 5.91 Å². The number of H-pyrrole nitrogens is 1. The Morgan fingerprint density at radius 3 is 2.79 bits per heavy atom. The van der Waals surface area contributed by atoms with Crippen molar-refractivity contribution in [3.63, 3.8) is 0 Å². The molecule has 1 aliphatic heterocycles. The van der Waals surface area contributed by atoms with Crippen LogP contribution in [0.2, 0.25) is 0 Å². The maximum absolute atomic E-state index is 12.6. The molecule has 1 aromatic heterocycles. The predicted octanol–water partition coefficient (Wildman–Crippen LogP) is 2.32. The molecule has 0 radical (unpaired) electrons. The van der Waals surface area contributed by atoms with Crippen LogP contribution in [0.1, 0.15) is 55.8 Å². The van der Waals surface area contributed by atoms with Gasteiger partial charge in [-0.3, -0.25) is 4.79 Å². The molecule has 3 rings (SSSR count). The summed E-state index contributed by atoms with van der Waals surface area (Å²) >= 11 is 0. The molecule has 0 aromatic carbocycles. The molecule has 1 aliphatic carbocycles. The highest BCUT2D eigenvalue weighted by molar-refractivity contribution is 5.92. The van der Waals surface area contributed by atoms with Gasteiger partial charge in [0.1, 0.15) is 5.56 Å². The highest BCUT2D eigenvalue weighted by Crippen LogP contribution is 2.28. The quantitative estimate of drug-likeness (QED) is 0.817. The van der Waals surface area contributed by atoms with Gasteiger partial charge in [-0.05, 0) is 19.8 Å². The van der Waals surface area contributed by atoms with E-state index in [1.165, 1.54) is 25.5 Å². The SMILES string of the molecule is CCOC(=O)c1cn[nH]c1OC1CCN(C2CCCCC2)C1=O.Cl. The van der Waals surface area contributed by atoms with Gasteiger partial charge in [0.2, 0.25) is 5.88 Å². The lowest BCUT2D eigenvalue weighted by Gasteiger charge is -2.31. The summed E-state index contributed by atoms with van der Waals surface area (Å²) in [6.07, 6.45) is 7.25. The van der Waals surface area contributed by atoms with Crippen LogP contribution in [-0.2, 0) is 9.53 Å². The average Bonchev–Trinajstić information content (AvgIpc) is 3.17. The van der Waals surface area contributed by atoms with E-state index in [9.17, 15) is 9.59 Å². The van der Waals surface area contributed by atoms with E-state index in [-0.39, 0.29) is 36.4 Å². The number of hydrogen-bond donors (Lipinski definition) is 1. The van der Waals surface area contributed by atoms with Gasteiger partial charge in [0, 0.05) is 19.0 Å². The van der Waals surface area contributed by atoms with Gasteiger partial charge < -0.3 is 14.4 Å². The third kappa shape index (κ3) is 3.83. The normalized spacial score (nSPS) is 21.5. The van der Waals surface area contributed by atoms with Crippen LogP contribution in [0.15, 0.2) is 6.20 Å². The fourth-order valence-electron chi connectivity index (χ4n) is 3.40. The number of amides is 1. The monoisotopic (exact) mass is 357 g/mol. The van der Waals surface area contributed by atoms with Gasteiger partial charge in [-0.2, -0.15) is 5.10 Å². The first kappa shape index (κ1) is 18.6. The minimum atomic E-state index is -0.550. The molecule has 134 valence electrons. The smallest absolute Gasteiger partial charge is 0.345 e. The van der Waals surface area contributed by atoms with Crippen molar-refractivity contribution in [3.05, 3.63) is 11.8 Å². The molecule has 1 aromatic rings. The molecule has 1 atom stereocenters. The molecule has 8 heteroatoms. The number of ether oxygens (including phenoxy) is 2. The van der Waals surface area contributed by atoms with Crippen molar-refractivity contribution >= 4 is 24.3 Å². The summed E-state index contributed by atoms with van der Waals surface area (Å²) in [5.74, 6) is -0.264. The van der Waals surface area contributed by atoms with Crippen molar-refractivity contribution in [2.24, 2.45) is 0 Å². The Kier molecular flexibility index (Phi) is 6.48. The number of nitrogens with one attached hydrogen (secondary N) is 1. The molecule has 7 nitrogen and oxygen atoms in total. The zero-order valence-electron chi connectivity index (χ0n) is 13.8. The van der Waals surface area contributed by atoms with Gasteiger partial charge in [0.15, 0.2) is 6.10 Å². The summed E-state index contributed by atoms with van der Waals surface area (Å²) in [4.78, 5) is 26.4. The molecule has 1 saturated carbocycles. The van der Waals surface area contributed by atoms with Gasteiger partial charge in [-0.1, -0.05) is 19.3 Å². The molecule has 0 spiro atoms. The topological polar surface area (TPSA) is 84.5 Å². The van der Waals surface area contributed by atoms with E-state index in [0.717, 1.165) is 19.4 Å².